The first-order valence-corrected chi connectivity index (χ1v) is 11.2. The zero-order chi connectivity index (χ0) is 20.9. The van der Waals surface area contributed by atoms with Crippen molar-refractivity contribution < 1.29 is 4.79 Å². The highest BCUT2D eigenvalue weighted by atomic mass is 16.2. The Bertz CT molecular complexity index is 910. The normalized spacial score (nSPS) is 22.8. The summed E-state index contributed by atoms with van der Waals surface area (Å²) >= 11 is 0. The topological polar surface area (TPSA) is 23.6 Å². The molecule has 2 aromatic rings. The van der Waals surface area contributed by atoms with Crippen LogP contribution in [0.5, 0.6) is 0 Å². The van der Waals surface area contributed by atoms with Crippen LogP contribution in [0.1, 0.15) is 37.8 Å². The predicted octanol–water partition coefficient (Wildman–Crippen LogP) is 5.16. The molecule has 0 aromatic heterocycles. The van der Waals surface area contributed by atoms with Crippen molar-refractivity contribution in [1.29, 1.82) is 0 Å². The molecule has 0 radical (unpaired) electrons. The molecule has 0 spiro atoms. The van der Waals surface area contributed by atoms with E-state index < -0.39 is 0 Å². The molecule has 0 N–H and O–H groups in total. The number of benzene rings is 2. The molecule has 2 aliphatic heterocycles. The van der Waals surface area contributed by atoms with E-state index in [0.717, 1.165) is 23.3 Å². The van der Waals surface area contributed by atoms with Crippen molar-refractivity contribution in [3.8, 4) is 0 Å². The van der Waals surface area contributed by atoms with Crippen LogP contribution in [0.15, 0.2) is 78.4 Å². The Labute approximate surface area is 180 Å². The molecule has 0 saturated carbocycles. The molecular formula is C27H32N2O. The van der Waals surface area contributed by atoms with Crippen LogP contribution in [-0.2, 0) is 11.3 Å². The first-order valence-electron chi connectivity index (χ1n) is 11.2. The Morgan fingerprint density at radius 2 is 1.67 bits per heavy atom. The largest absolute Gasteiger partial charge is 0.334 e. The second-order valence-corrected chi connectivity index (χ2v) is 8.55. The molecule has 4 rings (SSSR count). The Kier molecular flexibility index (Phi) is 6.49. The first kappa shape index (κ1) is 20.6. The van der Waals surface area contributed by atoms with Crippen molar-refractivity contribution in [1.82, 2.24) is 9.80 Å². The lowest BCUT2D eigenvalue weighted by atomic mass is 9.92. The fourth-order valence-corrected chi connectivity index (χ4v) is 4.69. The zero-order valence-electron chi connectivity index (χ0n) is 18.1. The van der Waals surface area contributed by atoms with Gasteiger partial charge in [0.2, 0.25) is 0 Å². The van der Waals surface area contributed by atoms with Gasteiger partial charge in [0.15, 0.2) is 0 Å². The molecule has 0 aliphatic carbocycles. The van der Waals surface area contributed by atoms with Crippen LogP contribution in [0.2, 0.25) is 0 Å². The number of nitrogens with zero attached hydrogens (tertiary/aromatic N) is 2. The second-order valence-electron chi connectivity index (χ2n) is 8.55. The van der Waals surface area contributed by atoms with Crippen LogP contribution in [0.4, 0.5) is 0 Å². The number of allylic oxidation sites excluding steroid dienone is 1. The minimum Gasteiger partial charge on any atom is -0.334 e. The van der Waals surface area contributed by atoms with Gasteiger partial charge in [-0.1, -0.05) is 72.8 Å². The highest BCUT2D eigenvalue weighted by Crippen LogP contribution is 2.33. The Morgan fingerprint density at radius 1 is 1.03 bits per heavy atom. The van der Waals surface area contributed by atoms with Crippen LogP contribution in [-0.4, -0.2) is 41.4 Å². The van der Waals surface area contributed by atoms with Crippen LogP contribution >= 0.6 is 0 Å². The van der Waals surface area contributed by atoms with Gasteiger partial charge in [0, 0.05) is 30.6 Å². The zero-order valence-corrected chi connectivity index (χ0v) is 18.1. The Balaban J connectivity index is 1.61. The molecule has 3 nitrogen and oxygen atoms in total. The van der Waals surface area contributed by atoms with E-state index in [-0.39, 0.29) is 11.8 Å². The van der Waals surface area contributed by atoms with Crippen molar-refractivity contribution in [2.75, 3.05) is 19.6 Å². The number of carbonyl (C=O) groups excluding carboxylic acids is 1. The molecule has 2 fully saturated rings. The summed E-state index contributed by atoms with van der Waals surface area (Å²) in [6.07, 6.45) is 7.19. The van der Waals surface area contributed by atoms with Crippen LogP contribution in [0.25, 0.3) is 5.57 Å². The third-order valence-corrected chi connectivity index (χ3v) is 6.47. The summed E-state index contributed by atoms with van der Waals surface area (Å²) in [6.45, 7) is 8.14. The van der Waals surface area contributed by atoms with Gasteiger partial charge in [-0.25, -0.2) is 0 Å². The molecule has 1 amide bonds. The van der Waals surface area contributed by atoms with Gasteiger partial charge in [-0.3, -0.25) is 9.69 Å². The summed E-state index contributed by atoms with van der Waals surface area (Å²) in [5.74, 6) is 0.301. The molecule has 2 aromatic carbocycles. The summed E-state index contributed by atoms with van der Waals surface area (Å²) < 4.78 is 0. The van der Waals surface area contributed by atoms with Crippen LogP contribution < -0.4 is 0 Å². The molecule has 30 heavy (non-hydrogen) atoms. The Hall–Kier alpha value is -2.65. The molecule has 2 unspecified atom stereocenters. The standard InChI is InChI=1S/C27H32N2O/c1-21(28-17-9-10-18-28)15-16-25-20-29(19-23-11-5-3-6-12-23)27(30)26(25)22(2)24-13-7-4-8-14-24/h3-8,11-16,21,25H,9-10,17-20H2,1-2H3/b16-15+,26-22-. The minimum atomic E-state index is 0.131. The van der Waals surface area contributed by atoms with E-state index in [1.165, 1.54) is 31.5 Å². The number of hydrogen-bond donors (Lipinski definition) is 0. The van der Waals surface area contributed by atoms with E-state index in [1.807, 2.05) is 41.3 Å². The molecule has 156 valence electrons. The summed E-state index contributed by atoms with van der Waals surface area (Å²) in [6, 6.07) is 21.0. The average molecular weight is 401 g/mol. The van der Waals surface area contributed by atoms with Gasteiger partial charge in [0.25, 0.3) is 5.91 Å². The molecule has 2 heterocycles. The number of amides is 1. The van der Waals surface area contributed by atoms with E-state index in [2.05, 4.69) is 55.2 Å². The fraction of sp³-hybridized carbons (Fsp3) is 0.370. The summed E-state index contributed by atoms with van der Waals surface area (Å²) in [5, 5.41) is 0. The molecule has 3 heteroatoms. The van der Waals surface area contributed by atoms with Crippen molar-refractivity contribution >= 4 is 11.5 Å². The van der Waals surface area contributed by atoms with Crippen molar-refractivity contribution in [3.05, 3.63) is 89.5 Å². The summed E-state index contributed by atoms with van der Waals surface area (Å²) in [7, 11) is 0. The highest BCUT2D eigenvalue weighted by molar-refractivity contribution is 6.03. The molecule has 0 bridgehead atoms. The van der Waals surface area contributed by atoms with Gasteiger partial charge >= 0.3 is 0 Å². The van der Waals surface area contributed by atoms with Crippen molar-refractivity contribution in [3.63, 3.8) is 0 Å². The van der Waals surface area contributed by atoms with Gasteiger partial charge < -0.3 is 4.90 Å². The van der Waals surface area contributed by atoms with Gasteiger partial charge in [0.05, 0.1) is 0 Å². The number of rotatable bonds is 6. The van der Waals surface area contributed by atoms with Gasteiger partial charge in [-0.2, -0.15) is 0 Å². The van der Waals surface area contributed by atoms with E-state index in [0.29, 0.717) is 12.6 Å². The maximum atomic E-state index is 13.5. The van der Waals surface area contributed by atoms with E-state index in [9.17, 15) is 4.79 Å². The van der Waals surface area contributed by atoms with E-state index in [1.54, 1.807) is 0 Å². The lowest BCUT2D eigenvalue weighted by molar-refractivity contribution is -0.125. The van der Waals surface area contributed by atoms with Gasteiger partial charge in [0.1, 0.15) is 0 Å². The SMILES string of the molecule is C/C(=C1/C(=O)N(Cc2ccccc2)CC1/C=C/C(C)N1CCCC1)c1ccccc1. The highest BCUT2D eigenvalue weighted by Gasteiger charge is 2.35. The second kappa shape index (κ2) is 9.44. The van der Waals surface area contributed by atoms with E-state index in [4.69, 9.17) is 0 Å². The van der Waals surface area contributed by atoms with Crippen LogP contribution in [0, 0.1) is 5.92 Å². The van der Waals surface area contributed by atoms with Gasteiger partial charge in [-0.15, -0.1) is 0 Å². The molecule has 2 saturated heterocycles. The minimum absolute atomic E-state index is 0.131. The molecular weight excluding hydrogens is 368 g/mol. The third kappa shape index (κ3) is 4.57. The quantitative estimate of drug-likeness (QED) is 0.494. The smallest absolute Gasteiger partial charge is 0.251 e. The molecule has 2 aliphatic rings. The van der Waals surface area contributed by atoms with Crippen molar-refractivity contribution in [2.24, 2.45) is 5.92 Å². The average Bonchev–Trinajstić information content (AvgIpc) is 3.42. The maximum Gasteiger partial charge on any atom is 0.251 e. The monoisotopic (exact) mass is 400 g/mol. The fourth-order valence-electron chi connectivity index (χ4n) is 4.69. The molecule has 2 atom stereocenters. The summed E-state index contributed by atoms with van der Waals surface area (Å²) in [4.78, 5) is 18.0. The lowest BCUT2D eigenvalue weighted by Crippen LogP contribution is -2.28. The number of carbonyl (C=O) groups is 1. The Morgan fingerprint density at radius 3 is 2.33 bits per heavy atom. The number of hydrogen-bond acceptors (Lipinski definition) is 2. The summed E-state index contributed by atoms with van der Waals surface area (Å²) in [5.41, 5.74) is 4.35. The first-order chi connectivity index (χ1) is 14.6. The third-order valence-electron chi connectivity index (χ3n) is 6.47. The van der Waals surface area contributed by atoms with Gasteiger partial charge in [-0.05, 0) is 56.5 Å². The van der Waals surface area contributed by atoms with Crippen LogP contribution in [0.3, 0.4) is 0 Å². The number of likely N-dealkylation sites (tertiary alicyclic amines) is 2. The van der Waals surface area contributed by atoms with Crippen molar-refractivity contribution in [2.45, 2.75) is 39.3 Å². The lowest BCUT2D eigenvalue weighted by Gasteiger charge is -2.21. The van der Waals surface area contributed by atoms with E-state index >= 15 is 0 Å². The maximum absolute atomic E-state index is 13.5. The predicted molar refractivity (Wildman–Crippen MR) is 124 cm³/mol.